The number of ether oxygens (including phenoxy) is 1. The van der Waals surface area contributed by atoms with E-state index in [1.807, 2.05) is 27.7 Å². The van der Waals surface area contributed by atoms with Crippen LogP contribution in [0, 0.1) is 11.3 Å². The van der Waals surface area contributed by atoms with E-state index in [9.17, 15) is 5.26 Å². The molecule has 1 aliphatic rings. The van der Waals surface area contributed by atoms with Crippen LogP contribution >= 0.6 is 0 Å². The number of fused-ring (bicyclic) bond motifs is 1. The molecule has 0 saturated carbocycles. The Balaban J connectivity index is 2.16. The molecule has 0 amide bonds. The second-order valence-corrected chi connectivity index (χ2v) is 6.55. The molecule has 0 aliphatic carbocycles. The monoisotopic (exact) mass is 311 g/mol. The highest BCUT2D eigenvalue weighted by Crippen LogP contribution is 2.37. The van der Waals surface area contributed by atoms with Crippen LogP contribution in [0.2, 0.25) is 0 Å². The Kier molecular flexibility index (Phi) is 3.54. The molecule has 23 heavy (non-hydrogen) atoms. The fourth-order valence-corrected chi connectivity index (χ4v) is 2.45. The molecule has 1 aromatic heterocycles. The van der Waals surface area contributed by atoms with E-state index in [0.717, 1.165) is 0 Å². The SMILES string of the molecule is COc1cnc2c(B3OC(C)(C)C(C)(C)O3)cc(C#N)cc2n1. The van der Waals surface area contributed by atoms with E-state index in [2.05, 4.69) is 16.0 Å². The van der Waals surface area contributed by atoms with E-state index in [1.54, 1.807) is 18.3 Å². The fraction of sp³-hybridized carbons (Fsp3) is 0.438. The summed E-state index contributed by atoms with van der Waals surface area (Å²) in [5, 5.41) is 9.29. The summed E-state index contributed by atoms with van der Waals surface area (Å²) < 4.78 is 17.3. The van der Waals surface area contributed by atoms with Gasteiger partial charge in [0, 0.05) is 5.46 Å². The number of benzene rings is 1. The van der Waals surface area contributed by atoms with Gasteiger partial charge in [0.15, 0.2) is 0 Å². The number of hydrogen-bond donors (Lipinski definition) is 0. The first-order valence-electron chi connectivity index (χ1n) is 7.38. The quantitative estimate of drug-likeness (QED) is 0.787. The minimum atomic E-state index is -0.599. The van der Waals surface area contributed by atoms with E-state index in [0.29, 0.717) is 27.9 Å². The zero-order valence-electron chi connectivity index (χ0n) is 13.9. The molecule has 0 atom stereocenters. The molecule has 2 heterocycles. The van der Waals surface area contributed by atoms with Gasteiger partial charge in [0.1, 0.15) is 0 Å². The smallest absolute Gasteiger partial charge is 0.480 e. The van der Waals surface area contributed by atoms with Crippen molar-refractivity contribution in [3.8, 4) is 11.9 Å². The van der Waals surface area contributed by atoms with Crippen molar-refractivity contribution in [3.05, 3.63) is 23.9 Å². The highest BCUT2D eigenvalue weighted by atomic mass is 16.7. The standard InChI is InChI=1S/C16H18BN3O3/c1-15(2)16(3,4)23-17(22-15)11-6-10(8-18)7-12-14(11)19-9-13(20-12)21-5/h6-7,9H,1-5H3. The average Bonchev–Trinajstić information content (AvgIpc) is 2.73. The first kappa shape index (κ1) is 15.7. The van der Waals surface area contributed by atoms with E-state index >= 15 is 0 Å². The Labute approximate surface area is 135 Å². The first-order valence-corrected chi connectivity index (χ1v) is 7.38. The Morgan fingerprint density at radius 3 is 2.39 bits per heavy atom. The van der Waals surface area contributed by atoms with Crippen LogP contribution in [0.25, 0.3) is 11.0 Å². The van der Waals surface area contributed by atoms with Gasteiger partial charge in [-0.25, -0.2) is 9.97 Å². The molecular weight excluding hydrogens is 293 g/mol. The van der Waals surface area contributed by atoms with Crippen LogP contribution in [0.15, 0.2) is 18.3 Å². The van der Waals surface area contributed by atoms with Crippen molar-refractivity contribution in [2.75, 3.05) is 7.11 Å². The molecule has 0 radical (unpaired) electrons. The maximum absolute atomic E-state index is 9.29. The summed E-state index contributed by atoms with van der Waals surface area (Å²) in [6, 6.07) is 5.56. The summed E-state index contributed by atoms with van der Waals surface area (Å²) in [6.07, 6.45) is 1.54. The maximum atomic E-state index is 9.29. The summed E-state index contributed by atoms with van der Waals surface area (Å²) in [6.45, 7) is 7.94. The van der Waals surface area contributed by atoms with E-state index in [-0.39, 0.29) is 0 Å². The zero-order chi connectivity index (χ0) is 16.8. The van der Waals surface area contributed by atoms with Crippen molar-refractivity contribution in [3.63, 3.8) is 0 Å². The van der Waals surface area contributed by atoms with Crippen LogP contribution in [0.1, 0.15) is 33.3 Å². The lowest BCUT2D eigenvalue weighted by atomic mass is 9.77. The van der Waals surface area contributed by atoms with Gasteiger partial charge >= 0.3 is 7.12 Å². The summed E-state index contributed by atoms with van der Waals surface area (Å²) >= 11 is 0. The summed E-state index contributed by atoms with van der Waals surface area (Å²) in [5.41, 5.74) is 1.47. The lowest BCUT2D eigenvalue weighted by molar-refractivity contribution is 0.00578. The fourth-order valence-electron chi connectivity index (χ4n) is 2.45. The molecule has 2 aromatic rings. The van der Waals surface area contributed by atoms with E-state index in [1.165, 1.54) is 7.11 Å². The van der Waals surface area contributed by atoms with Gasteiger partial charge in [-0.2, -0.15) is 5.26 Å². The Hall–Kier alpha value is -2.17. The highest BCUT2D eigenvalue weighted by Gasteiger charge is 2.52. The van der Waals surface area contributed by atoms with Gasteiger partial charge in [0.2, 0.25) is 5.88 Å². The summed E-state index contributed by atoms with van der Waals surface area (Å²) in [5.74, 6) is 0.396. The third-order valence-electron chi connectivity index (χ3n) is 4.50. The van der Waals surface area contributed by atoms with Crippen molar-refractivity contribution in [2.24, 2.45) is 0 Å². The number of rotatable bonds is 2. The normalized spacial score (nSPS) is 18.9. The Bertz CT molecular complexity index is 798. The number of nitriles is 1. The van der Waals surface area contributed by atoms with Crippen LogP contribution in [-0.4, -0.2) is 35.4 Å². The van der Waals surface area contributed by atoms with E-state index < -0.39 is 18.3 Å². The largest absolute Gasteiger partial charge is 0.497 e. The highest BCUT2D eigenvalue weighted by molar-refractivity contribution is 6.65. The maximum Gasteiger partial charge on any atom is 0.497 e. The summed E-state index contributed by atoms with van der Waals surface area (Å²) in [7, 11) is 0.928. The second kappa shape index (κ2) is 5.19. The predicted octanol–water partition coefficient (Wildman–Crippen LogP) is 1.81. The van der Waals surface area contributed by atoms with Crippen LogP contribution in [-0.2, 0) is 9.31 Å². The van der Waals surface area contributed by atoms with Gasteiger partial charge in [-0.15, -0.1) is 0 Å². The molecule has 0 spiro atoms. The molecule has 3 rings (SSSR count). The van der Waals surface area contributed by atoms with Gasteiger partial charge in [0.25, 0.3) is 0 Å². The van der Waals surface area contributed by atoms with Gasteiger partial charge in [0.05, 0.1) is 47.2 Å². The minimum Gasteiger partial charge on any atom is -0.480 e. The topological polar surface area (TPSA) is 77.3 Å². The molecule has 0 unspecified atom stereocenters. The molecule has 1 saturated heterocycles. The van der Waals surface area contributed by atoms with Crippen molar-refractivity contribution in [2.45, 2.75) is 38.9 Å². The van der Waals surface area contributed by atoms with Crippen LogP contribution in [0.5, 0.6) is 5.88 Å². The van der Waals surface area contributed by atoms with Gasteiger partial charge < -0.3 is 14.0 Å². The number of aromatic nitrogens is 2. The first-order chi connectivity index (χ1) is 10.8. The zero-order valence-corrected chi connectivity index (χ0v) is 13.9. The predicted molar refractivity (Wildman–Crippen MR) is 86.5 cm³/mol. The summed E-state index contributed by atoms with van der Waals surface area (Å²) in [4.78, 5) is 8.77. The average molecular weight is 311 g/mol. The van der Waals surface area contributed by atoms with Gasteiger partial charge in [-0.1, -0.05) is 0 Å². The molecule has 1 aliphatic heterocycles. The third-order valence-corrected chi connectivity index (χ3v) is 4.50. The molecule has 0 N–H and O–H groups in total. The molecule has 118 valence electrons. The van der Waals surface area contributed by atoms with E-state index in [4.69, 9.17) is 14.0 Å². The lowest BCUT2D eigenvalue weighted by Crippen LogP contribution is -2.41. The van der Waals surface area contributed by atoms with Crippen LogP contribution in [0.4, 0.5) is 0 Å². The number of nitrogens with zero attached hydrogens (tertiary/aromatic N) is 3. The van der Waals surface area contributed by atoms with Crippen LogP contribution < -0.4 is 10.2 Å². The van der Waals surface area contributed by atoms with Gasteiger partial charge in [-0.3, -0.25) is 0 Å². The third kappa shape index (κ3) is 2.54. The molecule has 1 fully saturated rings. The van der Waals surface area contributed by atoms with Crippen LogP contribution in [0.3, 0.4) is 0 Å². The number of methoxy groups -OCH3 is 1. The molecule has 7 heteroatoms. The van der Waals surface area contributed by atoms with Crippen molar-refractivity contribution in [1.29, 1.82) is 5.26 Å². The Morgan fingerprint density at radius 1 is 1.17 bits per heavy atom. The van der Waals surface area contributed by atoms with Gasteiger partial charge in [-0.05, 0) is 39.8 Å². The second-order valence-electron chi connectivity index (χ2n) is 6.55. The molecule has 6 nitrogen and oxygen atoms in total. The van der Waals surface area contributed by atoms with Crippen molar-refractivity contribution < 1.29 is 14.0 Å². The molecule has 1 aromatic carbocycles. The molecular formula is C16H18BN3O3. The van der Waals surface area contributed by atoms with Crippen molar-refractivity contribution in [1.82, 2.24) is 9.97 Å². The molecule has 0 bridgehead atoms. The number of hydrogen-bond acceptors (Lipinski definition) is 6. The van der Waals surface area contributed by atoms with Crippen molar-refractivity contribution >= 4 is 23.6 Å². The minimum absolute atomic E-state index is 0.396. The Morgan fingerprint density at radius 2 is 1.83 bits per heavy atom. The lowest BCUT2D eigenvalue weighted by Gasteiger charge is -2.32.